The molecule has 0 aliphatic carbocycles. The van der Waals surface area contributed by atoms with E-state index in [1.807, 2.05) is 20.8 Å². The van der Waals surface area contributed by atoms with E-state index in [1.54, 1.807) is 34.0 Å². The van der Waals surface area contributed by atoms with Crippen molar-refractivity contribution in [1.29, 1.82) is 0 Å². The van der Waals surface area contributed by atoms with Gasteiger partial charge in [0.05, 0.1) is 19.9 Å². The zero-order valence-electron chi connectivity index (χ0n) is 36.2. The second-order valence-corrected chi connectivity index (χ2v) is 21.3. The molecule has 62 heavy (non-hydrogen) atoms. The third-order valence-electron chi connectivity index (χ3n) is 11.0. The van der Waals surface area contributed by atoms with Crippen molar-refractivity contribution < 1.29 is 22.8 Å². The topological polar surface area (TPSA) is 55.9 Å². The number of thiophene rings is 3. The van der Waals surface area contributed by atoms with Crippen molar-refractivity contribution in [2.45, 2.75) is 20.8 Å². The molecule has 0 radical (unpaired) electrons. The van der Waals surface area contributed by atoms with Crippen LogP contribution in [-0.4, -0.2) is 70.0 Å². The van der Waals surface area contributed by atoms with Gasteiger partial charge in [0.2, 0.25) is 0 Å². The van der Waals surface area contributed by atoms with E-state index in [0.29, 0.717) is 33.0 Å². The smallest absolute Gasteiger partial charge is 0.485 e. The van der Waals surface area contributed by atoms with Crippen LogP contribution in [0.15, 0.2) is 121 Å². The fraction of sp³-hybridized carbons (Fsp3) is 0.240. The molecule has 4 heterocycles. The van der Waals surface area contributed by atoms with Gasteiger partial charge >= 0.3 is 8.80 Å². The quantitative estimate of drug-likeness (QED) is 0.0745. The predicted molar refractivity (Wildman–Crippen MR) is 266 cm³/mol. The van der Waals surface area contributed by atoms with Crippen LogP contribution in [0.2, 0.25) is 0 Å². The normalized spacial score (nSPS) is 12.6. The van der Waals surface area contributed by atoms with Crippen LogP contribution in [0.4, 0.5) is 28.4 Å². The van der Waals surface area contributed by atoms with Gasteiger partial charge in [-0.15, -0.1) is 34.0 Å². The molecular formula is C50H51N3O5S3Si. The zero-order valence-corrected chi connectivity index (χ0v) is 39.6. The molecule has 1 aliphatic heterocycles. The molecule has 8 aromatic rings. The van der Waals surface area contributed by atoms with E-state index in [4.69, 9.17) is 22.8 Å². The van der Waals surface area contributed by atoms with Gasteiger partial charge in [-0.2, -0.15) is 0 Å². The first-order valence-electron chi connectivity index (χ1n) is 21.1. The Labute approximate surface area is 377 Å². The molecule has 0 saturated heterocycles. The van der Waals surface area contributed by atoms with Gasteiger partial charge in [0, 0.05) is 102 Å². The van der Waals surface area contributed by atoms with Crippen molar-refractivity contribution in [1.82, 2.24) is 0 Å². The highest BCUT2D eigenvalue weighted by Crippen LogP contribution is 2.57. The lowest BCUT2D eigenvalue weighted by molar-refractivity contribution is 0.0866. The number of hydrogen-bond acceptors (Lipinski definition) is 11. The predicted octanol–water partition coefficient (Wildman–Crippen LogP) is 12.8. The van der Waals surface area contributed by atoms with Gasteiger partial charge < -0.3 is 37.5 Å². The SMILES string of the molecule is CCO[Si](OCC)(OCC)c1ccc(-c2sc(-c3ccc(-c4c5ccccc5c(N(c5ccc(N(C)C)cc5)c5ccc(N(C)C)cc5)c5ccccc45)s3)c3c2OCCO3)s1. The van der Waals surface area contributed by atoms with E-state index in [2.05, 4.69) is 164 Å². The fourth-order valence-corrected chi connectivity index (χ4v) is 14.9. The van der Waals surface area contributed by atoms with E-state index in [-0.39, 0.29) is 0 Å². The molecule has 0 N–H and O–H groups in total. The monoisotopic (exact) mass is 897 g/mol. The number of hydrogen-bond donors (Lipinski definition) is 0. The highest BCUT2D eigenvalue weighted by atomic mass is 32.1. The molecule has 318 valence electrons. The fourth-order valence-electron chi connectivity index (χ4n) is 8.22. The summed E-state index contributed by atoms with van der Waals surface area (Å²) in [5, 5.41) is 4.74. The molecule has 12 heteroatoms. The molecule has 0 saturated carbocycles. The summed E-state index contributed by atoms with van der Waals surface area (Å²) in [7, 11) is 5.25. The highest BCUT2D eigenvalue weighted by molar-refractivity contribution is 7.31. The number of fused-ring (bicyclic) bond motifs is 3. The number of nitrogens with zero attached hydrogens (tertiary/aromatic N) is 3. The van der Waals surface area contributed by atoms with Crippen LogP contribution in [0, 0.1) is 0 Å². The maximum Gasteiger partial charge on any atom is 0.547 e. The second-order valence-electron chi connectivity index (χ2n) is 15.3. The van der Waals surface area contributed by atoms with Crippen molar-refractivity contribution in [3.05, 3.63) is 121 Å². The first-order valence-corrected chi connectivity index (χ1v) is 25.3. The van der Waals surface area contributed by atoms with E-state index >= 15 is 0 Å². The van der Waals surface area contributed by atoms with Crippen molar-refractivity contribution in [2.24, 2.45) is 0 Å². The van der Waals surface area contributed by atoms with E-state index in [1.165, 1.54) is 32.0 Å². The Morgan fingerprint density at radius 1 is 0.484 bits per heavy atom. The Bertz CT molecular complexity index is 2710. The number of rotatable bonds is 15. The van der Waals surface area contributed by atoms with Crippen molar-refractivity contribution in [3.63, 3.8) is 0 Å². The Hall–Kier alpha value is -5.18. The maximum atomic E-state index is 6.44. The van der Waals surface area contributed by atoms with Crippen LogP contribution in [0.5, 0.6) is 11.5 Å². The lowest BCUT2D eigenvalue weighted by Gasteiger charge is -2.30. The first-order chi connectivity index (χ1) is 30.2. The van der Waals surface area contributed by atoms with Crippen LogP contribution in [0.1, 0.15) is 20.8 Å². The molecule has 0 amide bonds. The lowest BCUT2D eigenvalue weighted by Crippen LogP contribution is -2.55. The van der Waals surface area contributed by atoms with Crippen LogP contribution in [0.3, 0.4) is 0 Å². The molecular weight excluding hydrogens is 847 g/mol. The van der Waals surface area contributed by atoms with Crippen LogP contribution < -0.4 is 28.7 Å². The van der Waals surface area contributed by atoms with Gasteiger partial charge in [-0.25, -0.2) is 0 Å². The van der Waals surface area contributed by atoms with Gasteiger partial charge in [0.15, 0.2) is 11.5 Å². The summed E-state index contributed by atoms with van der Waals surface area (Å²) < 4.78 is 32.7. The molecule has 0 atom stereocenters. The molecule has 1 aliphatic rings. The minimum Gasteiger partial charge on any atom is -0.485 e. The Balaban J connectivity index is 1.18. The summed E-state index contributed by atoms with van der Waals surface area (Å²) in [5.74, 6) is 1.61. The molecule has 0 unspecified atom stereocenters. The van der Waals surface area contributed by atoms with Crippen molar-refractivity contribution >= 4 is 97.3 Å². The average Bonchev–Trinajstić information content (AvgIpc) is 4.07. The van der Waals surface area contributed by atoms with Crippen molar-refractivity contribution in [3.8, 4) is 41.4 Å². The van der Waals surface area contributed by atoms with Gasteiger partial charge in [-0.05, 0) is 104 Å². The molecule has 0 fully saturated rings. The Morgan fingerprint density at radius 3 is 1.37 bits per heavy atom. The van der Waals surface area contributed by atoms with Gasteiger partial charge in [0.25, 0.3) is 0 Å². The third kappa shape index (κ3) is 7.68. The minimum atomic E-state index is -3.07. The summed E-state index contributed by atoms with van der Waals surface area (Å²) in [4.78, 5) is 12.2. The zero-order chi connectivity index (χ0) is 43.0. The average molecular weight is 898 g/mol. The largest absolute Gasteiger partial charge is 0.547 e. The Morgan fingerprint density at radius 2 is 0.903 bits per heavy atom. The summed E-state index contributed by atoms with van der Waals surface area (Å²) >= 11 is 5.18. The minimum absolute atomic E-state index is 0.501. The number of benzene rings is 5. The summed E-state index contributed by atoms with van der Waals surface area (Å²) in [6, 6.07) is 44.2. The maximum absolute atomic E-state index is 6.44. The highest BCUT2D eigenvalue weighted by Gasteiger charge is 2.45. The summed E-state index contributed by atoms with van der Waals surface area (Å²) in [6.07, 6.45) is 0. The van der Waals surface area contributed by atoms with E-state index in [9.17, 15) is 0 Å². The van der Waals surface area contributed by atoms with Gasteiger partial charge in [0.1, 0.15) is 13.2 Å². The number of anilines is 5. The first kappa shape index (κ1) is 42.1. The molecule has 9 rings (SSSR count). The second kappa shape index (κ2) is 17.9. The van der Waals surface area contributed by atoms with Crippen LogP contribution in [-0.2, 0) is 13.3 Å². The summed E-state index contributed by atoms with van der Waals surface area (Å²) in [6.45, 7) is 8.50. The van der Waals surface area contributed by atoms with Crippen LogP contribution >= 0.6 is 34.0 Å². The third-order valence-corrected chi connectivity index (χ3v) is 18.3. The lowest BCUT2D eigenvalue weighted by atomic mass is 9.92. The molecule has 0 spiro atoms. The molecule has 5 aromatic carbocycles. The van der Waals surface area contributed by atoms with Gasteiger partial charge in [-0.1, -0.05) is 48.5 Å². The standard InChI is InChI=1S/C50H51N3O5S3Si/c1-8-56-62(57-9-2,58-10-3)44-30-29-43(60-44)50-48-47(54-31-32-55-48)49(61-50)42-28-27-41(59-42)45-37-15-11-13-17-39(37)46(40-18-14-12-16-38(40)45)53(35-23-19-33(20-24-35)51(4)5)36-25-21-34(22-26-36)52(6)7/h11-30H,8-10,31-32H2,1-7H3. The number of ether oxygens (including phenoxy) is 2. The van der Waals surface area contributed by atoms with E-state index < -0.39 is 8.80 Å². The Kier molecular flexibility index (Phi) is 12.2. The van der Waals surface area contributed by atoms with Crippen molar-refractivity contribution in [2.75, 3.05) is 75.9 Å². The molecule has 3 aromatic heterocycles. The van der Waals surface area contributed by atoms with Crippen LogP contribution in [0.25, 0.3) is 51.5 Å². The summed E-state index contributed by atoms with van der Waals surface area (Å²) in [5.41, 5.74) is 6.86. The van der Waals surface area contributed by atoms with E-state index in [0.717, 1.165) is 63.9 Å². The molecule has 8 nitrogen and oxygen atoms in total. The molecule has 0 bridgehead atoms. The van der Waals surface area contributed by atoms with Gasteiger partial charge in [-0.3, -0.25) is 0 Å².